The van der Waals surface area contributed by atoms with Gasteiger partial charge in [-0.1, -0.05) is 24.3 Å². The van der Waals surface area contributed by atoms with Crippen LogP contribution in [0.3, 0.4) is 0 Å². The largest absolute Gasteiger partial charge is 0.179 e. The van der Waals surface area contributed by atoms with Gasteiger partial charge in [-0.05, 0) is 19.1 Å². The highest BCUT2D eigenvalue weighted by atomic mass is 35.5. The zero-order chi connectivity index (χ0) is 7.98. The van der Waals surface area contributed by atoms with Gasteiger partial charge in [0.05, 0.1) is 5.38 Å². The lowest BCUT2D eigenvalue weighted by Gasteiger charge is -2.06. The van der Waals surface area contributed by atoms with Crippen molar-refractivity contribution in [1.29, 1.82) is 0 Å². The van der Waals surface area contributed by atoms with Crippen molar-refractivity contribution in [2.75, 3.05) is 5.75 Å². The molecule has 0 fully saturated rings. The molecule has 10 heavy (non-hydrogen) atoms. The normalized spacial score (nSPS) is 14.9. The predicted octanol–water partition coefficient (Wildman–Crippen LogP) is 3.05. The monoisotopic (exact) mass is 176 g/mol. The molecular formula is C8H13ClS. The fourth-order valence-electron chi connectivity index (χ4n) is 0.631. The summed E-state index contributed by atoms with van der Waals surface area (Å²) in [4.78, 5) is 0. The first-order chi connectivity index (χ1) is 4.72. The van der Waals surface area contributed by atoms with Gasteiger partial charge in [-0.2, -0.15) is 12.6 Å². The van der Waals surface area contributed by atoms with Crippen LogP contribution in [0.25, 0.3) is 0 Å². The summed E-state index contributed by atoms with van der Waals surface area (Å²) < 4.78 is 0. The summed E-state index contributed by atoms with van der Waals surface area (Å²) in [7, 11) is 0. The Bertz CT molecular complexity index is 129. The van der Waals surface area contributed by atoms with Crippen molar-refractivity contribution in [2.24, 2.45) is 0 Å². The van der Waals surface area contributed by atoms with E-state index in [1.165, 1.54) is 0 Å². The number of allylic oxidation sites excluding steroid dienone is 3. The molecule has 0 radical (unpaired) electrons. The Morgan fingerprint density at radius 3 is 2.80 bits per heavy atom. The number of halogens is 1. The molecule has 0 aromatic heterocycles. The number of alkyl halides is 1. The van der Waals surface area contributed by atoms with Gasteiger partial charge in [-0.15, -0.1) is 11.6 Å². The molecule has 0 saturated heterocycles. The Kier molecular flexibility index (Phi) is 5.94. The molecule has 0 aliphatic carbocycles. The number of hydrogen-bond acceptors (Lipinski definition) is 1. The molecule has 0 saturated carbocycles. The molecular weight excluding hydrogens is 164 g/mol. The smallest absolute Gasteiger partial charge is 0.0553 e. The summed E-state index contributed by atoms with van der Waals surface area (Å²) in [6.07, 6.45) is 4.60. The van der Waals surface area contributed by atoms with Gasteiger partial charge in [0.2, 0.25) is 0 Å². The Morgan fingerprint density at radius 2 is 2.40 bits per heavy atom. The first kappa shape index (κ1) is 10.1. The Hall–Kier alpha value is 0.120. The second-order valence-corrected chi connectivity index (χ2v) is 3.10. The van der Waals surface area contributed by atoms with E-state index in [2.05, 4.69) is 19.2 Å². The Morgan fingerprint density at radius 1 is 1.80 bits per heavy atom. The summed E-state index contributed by atoms with van der Waals surface area (Å²) in [5.41, 5.74) is 1.16. The zero-order valence-corrected chi connectivity index (χ0v) is 7.83. The molecule has 2 heteroatoms. The average molecular weight is 177 g/mol. The highest BCUT2D eigenvalue weighted by molar-refractivity contribution is 7.80. The summed E-state index contributed by atoms with van der Waals surface area (Å²) in [6, 6.07) is 0. The molecule has 0 heterocycles. The first-order valence-electron chi connectivity index (χ1n) is 3.26. The first-order valence-corrected chi connectivity index (χ1v) is 4.33. The summed E-state index contributed by atoms with van der Waals surface area (Å²) in [6.45, 7) is 5.59. The zero-order valence-electron chi connectivity index (χ0n) is 6.18. The van der Waals surface area contributed by atoms with E-state index in [-0.39, 0.29) is 5.38 Å². The SMILES string of the molecule is C=C/C=C(\C)C(Cl)CCS. The van der Waals surface area contributed by atoms with Crippen LogP contribution >= 0.6 is 24.2 Å². The number of thiol groups is 1. The lowest BCUT2D eigenvalue weighted by Crippen LogP contribution is -2.00. The molecule has 0 N–H and O–H groups in total. The van der Waals surface area contributed by atoms with Gasteiger partial charge in [-0.3, -0.25) is 0 Å². The van der Waals surface area contributed by atoms with E-state index >= 15 is 0 Å². The van der Waals surface area contributed by atoms with E-state index in [0.29, 0.717) is 0 Å². The van der Waals surface area contributed by atoms with Crippen LogP contribution < -0.4 is 0 Å². The third-order valence-electron chi connectivity index (χ3n) is 1.26. The van der Waals surface area contributed by atoms with Crippen LogP contribution in [0.1, 0.15) is 13.3 Å². The molecule has 0 rings (SSSR count). The molecule has 0 bridgehead atoms. The molecule has 1 atom stereocenters. The van der Waals surface area contributed by atoms with Gasteiger partial charge in [0, 0.05) is 0 Å². The highest BCUT2D eigenvalue weighted by Gasteiger charge is 2.03. The van der Waals surface area contributed by atoms with E-state index in [1.807, 2.05) is 13.0 Å². The number of hydrogen-bond donors (Lipinski definition) is 1. The van der Waals surface area contributed by atoms with Crippen molar-refractivity contribution >= 4 is 24.2 Å². The topological polar surface area (TPSA) is 0 Å². The summed E-state index contributed by atoms with van der Waals surface area (Å²) >= 11 is 10.0. The molecule has 58 valence electrons. The standard InChI is InChI=1S/C8H13ClS/c1-3-4-7(2)8(9)5-6-10/h3-4,8,10H,1,5-6H2,2H3/b7-4+. The lowest BCUT2D eigenvalue weighted by molar-refractivity contribution is 0.927. The summed E-state index contributed by atoms with van der Waals surface area (Å²) in [5.74, 6) is 0.830. The van der Waals surface area contributed by atoms with Crippen molar-refractivity contribution in [3.63, 3.8) is 0 Å². The minimum atomic E-state index is 0.121. The molecule has 0 aromatic rings. The maximum atomic E-state index is 5.95. The third-order valence-corrected chi connectivity index (χ3v) is 2.08. The van der Waals surface area contributed by atoms with E-state index in [1.54, 1.807) is 6.08 Å². The molecule has 0 nitrogen and oxygen atoms in total. The van der Waals surface area contributed by atoms with Gasteiger partial charge in [-0.25, -0.2) is 0 Å². The second kappa shape index (κ2) is 5.87. The fraction of sp³-hybridized carbons (Fsp3) is 0.500. The van der Waals surface area contributed by atoms with Crippen molar-refractivity contribution in [3.8, 4) is 0 Å². The van der Waals surface area contributed by atoms with E-state index in [0.717, 1.165) is 17.7 Å². The minimum Gasteiger partial charge on any atom is -0.179 e. The maximum Gasteiger partial charge on any atom is 0.0553 e. The molecule has 1 unspecified atom stereocenters. The Balaban J connectivity index is 3.80. The van der Waals surface area contributed by atoms with Crippen LogP contribution in [0.2, 0.25) is 0 Å². The predicted molar refractivity (Wildman–Crippen MR) is 52.1 cm³/mol. The number of rotatable bonds is 4. The van der Waals surface area contributed by atoms with Crippen LogP contribution in [-0.4, -0.2) is 11.1 Å². The maximum absolute atomic E-state index is 5.95. The van der Waals surface area contributed by atoms with Gasteiger partial charge in [0.25, 0.3) is 0 Å². The third kappa shape index (κ3) is 4.02. The van der Waals surface area contributed by atoms with Crippen LogP contribution in [0.15, 0.2) is 24.3 Å². The van der Waals surface area contributed by atoms with E-state index < -0.39 is 0 Å². The van der Waals surface area contributed by atoms with Crippen LogP contribution in [0.5, 0.6) is 0 Å². The molecule has 0 aromatic carbocycles. The molecule has 0 spiro atoms. The fourth-order valence-corrected chi connectivity index (χ4v) is 1.22. The van der Waals surface area contributed by atoms with Gasteiger partial charge >= 0.3 is 0 Å². The van der Waals surface area contributed by atoms with E-state index in [9.17, 15) is 0 Å². The van der Waals surface area contributed by atoms with Gasteiger partial charge < -0.3 is 0 Å². The Labute approximate surface area is 73.4 Å². The molecule has 0 aliphatic heterocycles. The van der Waals surface area contributed by atoms with Gasteiger partial charge in [0.1, 0.15) is 0 Å². The molecule has 0 aliphatic rings. The van der Waals surface area contributed by atoms with E-state index in [4.69, 9.17) is 11.6 Å². The van der Waals surface area contributed by atoms with Crippen LogP contribution in [0.4, 0.5) is 0 Å². The highest BCUT2D eigenvalue weighted by Crippen LogP contribution is 2.13. The van der Waals surface area contributed by atoms with Crippen molar-refractivity contribution in [2.45, 2.75) is 18.7 Å². The van der Waals surface area contributed by atoms with Gasteiger partial charge in [0.15, 0.2) is 0 Å². The minimum absolute atomic E-state index is 0.121. The van der Waals surface area contributed by atoms with Crippen LogP contribution in [0, 0.1) is 0 Å². The van der Waals surface area contributed by atoms with Crippen LogP contribution in [-0.2, 0) is 0 Å². The quantitative estimate of drug-likeness (QED) is 0.380. The summed E-state index contributed by atoms with van der Waals surface area (Å²) in [5, 5.41) is 0.121. The molecule has 0 amide bonds. The second-order valence-electron chi connectivity index (χ2n) is 2.13. The lowest BCUT2D eigenvalue weighted by atomic mass is 10.1. The van der Waals surface area contributed by atoms with Crippen molar-refractivity contribution in [3.05, 3.63) is 24.3 Å². The average Bonchev–Trinajstić information content (AvgIpc) is 1.89. The van der Waals surface area contributed by atoms with Crippen molar-refractivity contribution in [1.82, 2.24) is 0 Å². The van der Waals surface area contributed by atoms with Crippen molar-refractivity contribution < 1.29 is 0 Å².